The fourth-order valence-electron chi connectivity index (χ4n) is 3.25. The fourth-order valence-corrected chi connectivity index (χ4v) is 3.25. The van der Waals surface area contributed by atoms with Gasteiger partial charge in [0.1, 0.15) is 0 Å². The topological polar surface area (TPSA) is 47.4 Å². The summed E-state index contributed by atoms with van der Waals surface area (Å²) < 4.78 is 2.35. The Morgan fingerprint density at radius 2 is 1.69 bits per heavy atom. The maximum Gasteiger partial charge on any atom is 0.276 e. The molecule has 1 heterocycles. The molecule has 3 rings (SSSR count). The number of carbonyl (C=O) groups is 1. The van der Waals surface area contributed by atoms with Crippen LogP contribution in [-0.4, -0.2) is 61.0 Å². The van der Waals surface area contributed by atoms with Crippen LogP contribution in [-0.2, 0) is 4.79 Å². The number of anilines is 1. The lowest BCUT2D eigenvalue weighted by molar-refractivity contribution is -0.540. The Balaban J connectivity index is 1.55. The molecule has 0 aromatic heterocycles. The van der Waals surface area contributed by atoms with Crippen molar-refractivity contribution >= 4 is 17.4 Å². The summed E-state index contributed by atoms with van der Waals surface area (Å²) in [6.07, 6.45) is 0. The van der Waals surface area contributed by atoms with Crippen molar-refractivity contribution in [3.8, 4) is 0 Å². The molecule has 0 saturated carbocycles. The predicted molar refractivity (Wildman–Crippen MR) is 106 cm³/mol. The summed E-state index contributed by atoms with van der Waals surface area (Å²) in [6, 6.07) is 18.3. The van der Waals surface area contributed by atoms with Crippen molar-refractivity contribution in [3.63, 3.8) is 0 Å². The number of rotatable bonds is 4. The second kappa shape index (κ2) is 8.63. The van der Waals surface area contributed by atoms with E-state index >= 15 is 0 Å². The molecule has 0 bridgehead atoms. The Morgan fingerprint density at radius 1 is 1.04 bits per heavy atom. The van der Waals surface area contributed by atoms with Gasteiger partial charge in [0.05, 0.1) is 32.2 Å². The maximum atomic E-state index is 12.3. The van der Waals surface area contributed by atoms with Crippen LogP contribution in [0.2, 0.25) is 0 Å². The zero-order valence-electron chi connectivity index (χ0n) is 15.5. The van der Waals surface area contributed by atoms with Gasteiger partial charge in [-0.1, -0.05) is 35.9 Å². The molecule has 1 fully saturated rings. The van der Waals surface area contributed by atoms with E-state index in [-0.39, 0.29) is 5.91 Å². The number of piperazine rings is 1. The molecule has 5 heteroatoms. The van der Waals surface area contributed by atoms with Crippen LogP contribution in [0.1, 0.15) is 11.1 Å². The summed E-state index contributed by atoms with van der Waals surface area (Å²) in [5.41, 5.74) is 3.24. The van der Waals surface area contributed by atoms with E-state index in [1.54, 1.807) is 0 Å². The summed E-state index contributed by atoms with van der Waals surface area (Å²) in [7, 11) is 1.96. The third-order valence-electron chi connectivity index (χ3n) is 4.68. The molecular weight excluding hydrogens is 324 g/mol. The molecule has 0 radical (unpaired) electrons. The summed E-state index contributed by atoms with van der Waals surface area (Å²) >= 11 is 0. The van der Waals surface area contributed by atoms with Crippen LogP contribution < -0.4 is 10.6 Å². The maximum absolute atomic E-state index is 12.3. The van der Waals surface area contributed by atoms with Crippen LogP contribution in [0.3, 0.4) is 0 Å². The highest BCUT2D eigenvalue weighted by Gasteiger charge is 2.22. The van der Waals surface area contributed by atoms with Crippen molar-refractivity contribution in [2.75, 3.05) is 45.1 Å². The van der Waals surface area contributed by atoms with Crippen molar-refractivity contribution in [1.82, 2.24) is 10.2 Å². The molecule has 2 aromatic rings. The van der Waals surface area contributed by atoms with Gasteiger partial charge >= 0.3 is 0 Å². The van der Waals surface area contributed by atoms with E-state index in [0.29, 0.717) is 6.54 Å². The molecule has 136 valence electrons. The van der Waals surface area contributed by atoms with Gasteiger partial charge in [-0.25, -0.2) is 0 Å². The summed E-state index contributed by atoms with van der Waals surface area (Å²) in [5, 5.41) is 6.30. The van der Waals surface area contributed by atoms with E-state index in [4.69, 9.17) is 0 Å². The van der Waals surface area contributed by atoms with E-state index in [2.05, 4.69) is 44.4 Å². The molecule has 1 saturated heterocycles. The van der Waals surface area contributed by atoms with Crippen molar-refractivity contribution in [2.24, 2.45) is 0 Å². The standard InChI is InChI=1S/C21H26N4O/c1-17-8-10-19(11-9-17)23-20(26)16-24-12-14-25(15-13-24)21(22-2)18-6-4-3-5-7-18/h3-11H,12-16H2,1-2H3,(H,23,26)/p+1. The van der Waals surface area contributed by atoms with E-state index in [9.17, 15) is 4.79 Å². The SMILES string of the molecule is CNC(c1ccccc1)=[N+]1CCN(CC(=O)Nc2ccc(C)cc2)CC1. The number of carbonyl (C=O) groups excluding carboxylic acids is 1. The van der Waals surface area contributed by atoms with E-state index in [1.165, 1.54) is 11.1 Å². The largest absolute Gasteiger partial charge is 0.325 e. The molecule has 0 aliphatic carbocycles. The quantitative estimate of drug-likeness (QED) is 0.654. The number of aryl methyl sites for hydroxylation is 1. The average Bonchev–Trinajstić information content (AvgIpc) is 2.66. The Bertz CT molecular complexity index is 758. The number of hydrogen-bond acceptors (Lipinski definition) is 2. The van der Waals surface area contributed by atoms with Crippen LogP contribution in [0.4, 0.5) is 5.69 Å². The van der Waals surface area contributed by atoms with Crippen LogP contribution >= 0.6 is 0 Å². The Labute approximate surface area is 155 Å². The van der Waals surface area contributed by atoms with Crippen LogP contribution in [0.25, 0.3) is 0 Å². The Morgan fingerprint density at radius 3 is 2.31 bits per heavy atom. The lowest BCUT2D eigenvalue weighted by atomic mass is 10.2. The monoisotopic (exact) mass is 351 g/mol. The van der Waals surface area contributed by atoms with Crippen molar-refractivity contribution < 1.29 is 9.37 Å². The number of amides is 1. The molecule has 5 nitrogen and oxygen atoms in total. The molecule has 1 aliphatic heterocycles. The molecule has 0 unspecified atom stereocenters. The van der Waals surface area contributed by atoms with Gasteiger partial charge in [-0.2, -0.15) is 0 Å². The van der Waals surface area contributed by atoms with Crippen LogP contribution in [0.15, 0.2) is 54.6 Å². The first kappa shape index (κ1) is 18.1. The molecule has 2 aromatic carbocycles. The molecule has 1 amide bonds. The zero-order chi connectivity index (χ0) is 18.4. The lowest BCUT2D eigenvalue weighted by Gasteiger charge is -2.27. The van der Waals surface area contributed by atoms with Gasteiger partial charge in [-0.3, -0.25) is 19.6 Å². The van der Waals surface area contributed by atoms with Crippen LogP contribution in [0, 0.1) is 6.92 Å². The predicted octanol–water partition coefficient (Wildman–Crippen LogP) is 1.93. The first-order valence-corrected chi connectivity index (χ1v) is 9.09. The fraction of sp³-hybridized carbons (Fsp3) is 0.333. The van der Waals surface area contributed by atoms with E-state index < -0.39 is 0 Å². The number of benzene rings is 2. The first-order chi connectivity index (χ1) is 12.7. The minimum atomic E-state index is 0.0446. The molecule has 2 N–H and O–H groups in total. The van der Waals surface area contributed by atoms with E-state index in [0.717, 1.165) is 37.7 Å². The number of nitrogens with one attached hydrogen (secondary N) is 2. The average molecular weight is 351 g/mol. The molecule has 0 spiro atoms. The third kappa shape index (κ3) is 4.70. The Kier molecular flexibility index (Phi) is 6.02. The minimum Gasteiger partial charge on any atom is -0.325 e. The van der Waals surface area contributed by atoms with Crippen molar-refractivity contribution in [3.05, 3.63) is 65.7 Å². The summed E-state index contributed by atoms with van der Waals surface area (Å²) in [5.74, 6) is 1.19. The van der Waals surface area contributed by atoms with Gasteiger partial charge in [0.2, 0.25) is 5.91 Å². The highest BCUT2D eigenvalue weighted by Crippen LogP contribution is 2.09. The van der Waals surface area contributed by atoms with E-state index in [1.807, 2.05) is 44.3 Å². The third-order valence-corrected chi connectivity index (χ3v) is 4.68. The van der Waals surface area contributed by atoms with Gasteiger partial charge in [-0.05, 0) is 31.2 Å². The van der Waals surface area contributed by atoms with Gasteiger partial charge in [0.15, 0.2) is 0 Å². The summed E-state index contributed by atoms with van der Waals surface area (Å²) in [6.45, 7) is 6.03. The highest BCUT2D eigenvalue weighted by atomic mass is 16.2. The minimum absolute atomic E-state index is 0.0446. The molecule has 1 aliphatic rings. The second-order valence-corrected chi connectivity index (χ2v) is 6.64. The summed E-state index contributed by atoms with van der Waals surface area (Å²) in [4.78, 5) is 14.5. The van der Waals surface area contributed by atoms with Gasteiger partial charge in [-0.15, -0.1) is 0 Å². The number of hydrogen-bond donors (Lipinski definition) is 2. The van der Waals surface area contributed by atoms with Crippen molar-refractivity contribution in [1.29, 1.82) is 0 Å². The van der Waals surface area contributed by atoms with Crippen molar-refractivity contribution in [2.45, 2.75) is 6.92 Å². The normalized spacial score (nSPS) is 14.8. The lowest BCUT2D eigenvalue weighted by Crippen LogP contribution is -2.48. The first-order valence-electron chi connectivity index (χ1n) is 9.09. The number of nitrogens with zero attached hydrogens (tertiary/aromatic N) is 2. The van der Waals surface area contributed by atoms with Crippen LogP contribution in [0.5, 0.6) is 0 Å². The second-order valence-electron chi connectivity index (χ2n) is 6.64. The van der Waals surface area contributed by atoms with Gasteiger partial charge in [0.25, 0.3) is 5.84 Å². The number of amidine groups is 1. The van der Waals surface area contributed by atoms with Gasteiger partial charge < -0.3 is 5.32 Å². The zero-order valence-corrected chi connectivity index (χ0v) is 15.5. The molecular formula is C21H27N4O+. The molecule has 0 atom stereocenters. The Hall–Kier alpha value is -2.66. The smallest absolute Gasteiger partial charge is 0.276 e. The highest BCUT2D eigenvalue weighted by molar-refractivity contribution is 5.94. The van der Waals surface area contributed by atoms with Gasteiger partial charge in [0, 0.05) is 18.8 Å². The molecule has 26 heavy (non-hydrogen) atoms.